The third kappa shape index (κ3) is 5.09. The molecule has 4 heterocycles. The van der Waals surface area contributed by atoms with Crippen LogP contribution in [0.15, 0.2) is 206 Å². The van der Waals surface area contributed by atoms with Crippen LogP contribution in [0.5, 0.6) is 0 Å². The number of imidazole rings is 1. The first-order chi connectivity index (χ1) is 28.7. The Kier molecular flexibility index (Phi) is 7.20. The maximum Gasteiger partial charge on any atom is 0.146 e. The molecule has 0 aliphatic carbocycles. The normalized spacial score (nSPS) is 11.8. The molecule has 8 aromatic carbocycles. The van der Waals surface area contributed by atoms with E-state index in [-0.39, 0.29) is 0 Å². The first kappa shape index (κ1) is 32.4. The maximum absolute atomic E-state index is 5.55. The summed E-state index contributed by atoms with van der Waals surface area (Å²) in [5.41, 5.74) is 15.2. The molecule has 0 amide bonds. The number of para-hydroxylation sites is 2. The van der Waals surface area contributed by atoms with Gasteiger partial charge in [-0.05, 0) is 87.3 Å². The number of pyridine rings is 2. The van der Waals surface area contributed by atoms with Crippen LogP contribution in [0.25, 0.3) is 111 Å². The van der Waals surface area contributed by atoms with Crippen LogP contribution in [0.4, 0.5) is 0 Å². The van der Waals surface area contributed by atoms with Crippen LogP contribution in [-0.4, -0.2) is 18.9 Å². The van der Waals surface area contributed by atoms with E-state index in [0.29, 0.717) is 0 Å². The lowest BCUT2D eigenvalue weighted by Crippen LogP contribution is -2.00. The second-order valence-corrected chi connectivity index (χ2v) is 15.0. The summed E-state index contributed by atoms with van der Waals surface area (Å²) in [6, 6.07) is 73.8. The summed E-state index contributed by atoms with van der Waals surface area (Å²) < 4.78 is 4.69. The third-order valence-corrected chi connectivity index (χ3v) is 11.7. The highest BCUT2D eigenvalue weighted by molar-refractivity contribution is 6.17. The van der Waals surface area contributed by atoms with Crippen molar-refractivity contribution in [1.82, 2.24) is 18.9 Å². The average Bonchev–Trinajstić information content (AvgIpc) is 3.84. The molecule has 0 N–H and O–H groups in total. The molecule has 0 saturated heterocycles. The van der Waals surface area contributed by atoms with Gasteiger partial charge in [-0.2, -0.15) is 0 Å². The Hall–Kier alpha value is -7.82. The molecule has 4 aromatic heterocycles. The number of hydrogen-bond acceptors (Lipinski definition) is 2. The zero-order valence-electron chi connectivity index (χ0n) is 31.4. The SMILES string of the molecule is c1ccc(-c2cccc(-c3cc(-c4cccc(-c5ccccc5)c4)nc(-n4c5ccccc5c5cc6nc7c8ccccc8c8ccccc8n7c6cc54)c3)c2)cc1. The van der Waals surface area contributed by atoms with E-state index in [9.17, 15) is 0 Å². The van der Waals surface area contributed by atoms with Crippen LogP contribution >= 0.6 is 0 Å². The van der Waals surface area contributed by atoms with Gasteiger partial charge in [0.2, 0.25) is 0 Å². The van der Waals surface area contributed by atoms with Gasteiger partial charge in [-0.3, -0.25) is 8.97 Å². The smallest absolute Gasteiger partial charge is 0.146 e. The molecule has 0 aliphatic heterocycles. The van der Waals surface area contributed by atoms with Gasteiger partial charge in [0.1, 0.15) is 11.5 Å². The fourth-order valence-corrected chi connectivity index (χ4v) is 8.96. The van der Waals surface area contributed by atoms with E-state index >= 15 is 0 Å². The van der Waals surface area contributed by atoms with Gasteiger partial charge in [0.05, 0.1) is 33.3 Å². The lowest BCUT2D eigenvalue weighted by atomic mass is 9.97. The van der Waals surface area contributed by atoms with E-state index < -0.39 is 0 Å². The van der Waals surface area contributed by atoms with Crippen LogP contribution in [0.1, 0.15) is 0 Å². The lowest BCUT2D eigenvalue weighted by Gasteiger charge is -2.14. The highest BCUT2D eigenvalue weighted by Crippen LogP contribution is 2.39. The van der Waals surface area contributed by atoms with Crippen molar-refractivity contribution in [2.24, 2.45) is 0 Å². The molecule has 0 unspecified atom stereocenters. The van der Waals surface area contributed by atoms with E-state index in [1.54, 1.807) is 0 Å². The largest absolute Gasteiger partial charge is 0.294 e. The van der Waals surface area contributed by atoms with Crippen LogP contribution in [0.2, 0.25) is 0 Å². The van der Waals surface area contributed by atoms with Crippen LogP contribution < -0.4 is 0 Å². The van der Waals surface area contributed by atoms with Gasteiger partial charge < -0.3 is 0 Å². The Morgan fingerprint density at radius 3 is 1.53 bits per heavy atom. The second kappa shape index (κ2) is 12.9. The topological polar surface area (TPSA) is 35.1 Å². The van der Waals surface area contributed by atoms with Crippen molar-refractivity contribution >= 4 is 60.2 Å². The van der Waals surface area contributed by atoms with Gasteiger partial charge >= 0.3 is 0 Å². The number of rotatable bonds is 5. The fraction of sp³-hybridized carbons (Fsp3) is 0. The predicted molar refractivity (Wildman–Crippen MR) is 242 cm³/mol. The Morgan fingerprint density at radius 2 is 0.828 bits per heavy atom. The zero-order valence-corrected chi connectivity index (χ0v) is 31.4. The molecule has 12 rings (SSSR count). The Bertz CT molecular complexity index is 3460. The fourth-order valence-electron chi connectivity index (χ4n) is 8.96. The summed E-state index contributed by atoms with van der Waals surface area (Å²) in [6.45, 7) is 0. The van der Waals surface area contributed by atoms with Crippen molar-refractivity contribution in [2.75, 3.05) is 0 Å². The summed E-state index contributed by atoms with van der Waals surface area (Å²) in [5.74, 6) is 0.859. The minimum Gasteiger partial charge on any atom is -0.294 e. The third-order valence-electron chi connectivity index (χ3n) is 11.7. The van der Waals surface area contributed by atoms with Gasteiger partial charge in [0.15, 0.2) is 0 Å². The number of aromatic nitrogens is 4. The summed E-state index contributed by atoms with van der Waals surface area (Å²) in [4.78, 5) is 10.9. The number of nitrogens with zero attached hydrogens (tertiary/aromatic N) is 4. The molecule has 4 heteroatoms. The van der Waals surface area contributed by atoms with Crippen LogP contribution in [-0.2, 0) is 0 Å². The zero-order chi connectivity index (χ0) is 38.2. The van der Waals surface area contributed by atoms with Gasteiger partial charge in [-0.15, -0.1) is 0 Å². The predicted octanol–water partition coefficient (Wildman–Crippen LogP) is 14.0. The first-order valence-electron chi connectivity index (χ1n) is 19.7. The van der Waals surface area contributed by atoms with E-state index in [1.807, 2.05) is 0 Å². The average molecular weight is 739 g/mol. The summed E-state index contributed by atoms with van der Waals surface area (Å²) in [6.07, 6.45) is 0. The molecule has 58 heavy (non-hydrogen) atoms. The number of hydrogen-bond donors (Lipinski definition) is 0. The Labute approximate surface area is 334 Å². The summed E-state index contributed by atoms with van der Waals surface area (Å²) in [7, 11) is 0. The van der Waals surface area contributed by atoms with E-state index in [0.717, 1.165) is 83.2 Å². The molecule has 0 radical (unpaired) electrons. The molecule has 0 bridgehead atoms. The van der Waals surface area contributed by atoms with E-state index in [1.165, 1.54) is 27.5 Å². The molecule has 0 spiro atoms. The quantitative estimate of drug-likeness (QED) is 0.165. The van der Waals surface area contributed by atoms with Crippen molar-refractivity contribution < 1.29 is 0 Å². The standard InChI is InChI=1S/C54H34N4/c1-3-15-35(16-4-1)37-19-13-21-39(29-37)41-31-47(40-22-14-20-38(30-40)36-17-5-2-6-18-36)55-53(32-41)57-49-27-11-10-25-44(49)46-33-48-52(34-51(46)57)58-50-28-12-9-24-43(50)42-23-7-8-26-45(42)54(58)56-48/h1-34H. The molecule has 270 valence electrons. The van der Waals surface area contributed by atoms with Crippen LogP contribution in [0, 0.1) is 0 Å². The molecular formula is C54H34N4. The lowest BCUT2D eigenvalue weighted by molar-refractivity contribution is 1.08. The van der Waals surface area contributed by atoms with Gasteiger partial charge in [0, 0.05) is 27.1 Å². The van der Waals surface area contributed by atoms with Crippen molar-refractivity contribution in [1.29, 1.82) is 0 Å². The number of fused-ring (bicyclic) bond motifs is 11. The van der Waals surface area contributed by atoms with E-state index in [4.69, 9.17) is 9.97 Å². The molecule has 0 atom stereocenters. The monoisotopic (exact) mass is 738 g/mol. The molecule has 0 aliphatic rings. The van der Waals surface area contributed by atoms with Gasteiger partial charge in [-0.1, -0.05) is 158 Å². The van der Waals surface area contributed by atoms with Crippen molar-refractivity contribution in [3.8, 4) is 50.5 Å². The summed E-state index contributed by atoms with van der Waals surface area (Å²) >= 11 is 0. The minimum absolute atomic E-state index is 0.859. The molecule has 0 saturated carbocycles. The van der Waals surface area contributed by atoms with Gasteiger partial charge in [-0.25, -0.2) is 9.97 Å². The maximum atomic E-state index is 5.55. The Morgan fingerprint density at radius 1 is 0.293 bits per heavy atom. The van der Waals surface area contributed by atoms with Crippen molar-refractivity contribution in [3.63, 3.8) is 0 Å². The molecule has 0 fully saturated rings. The van der Waals surface area contributed by atoms with E-state index in [2.05, 4.69) is 215 Å². The molecule has 12 aromatic rings. The van der Waals surface area contributed by atoms with Crippen molar-refractivity contribution in [2.45, 2.75) is 0 Å². The molecule has 4 nitrogen and oxygen atoms in total. The minimum atomic E-state index is 0.859. The second-order valence-electron chi connectivity index (χ2n) is 15.0. The number of benzene rings is 8. The summed E-state index contributed by atoms with van der Waals surface area (Å²) in [5, 5.41) is 5.87. The van der Waals surface area contributed by atoms with Crippen molar-refractivity contribution in [3.05, 3.63) is 206 Å². The van der Waals surface area contributed by atoms with Crippen LogP contribution in [0.3, 0.4) is 0 Å². The first-order valence-corrected chi connectivity index (χ1v) is 19.7. The highest BCUT2D eigenvalue weighted by Gasteiger charge is 2.20. The highest BCUT2D eigenvalue weighted by atomic mass is 15.1. The Balaban J connectivity index is 1.15. The molecular weight excluding hydrogens is 705 g/mol. The van der Waals surface area contributed by atoms with Gasteiger partial charge in [0.25, 0.3) is 0 Å².